The molecule has 0 aliphatic carbocycles. The summed E-state index contributed by atoms with van der Waals surface area (Å²) in [7, 11) is -0.633. The number of hydrogen-bond donors (Lipinski definition) is 2. The summed E-state index contributed by atoms with van der Waals surface area (Å²) in [4.78, 5) is 23.9. The molecule has 1 aromatic rings. The Morgan fingerprint density at radius 2 is 1.62 bits per heavy atom. The Morgan fingerprint density at radius 3 is 2.07 bits per heavy atom. The molecule has 0 radical (unpaired) electrons. The highest BCUT2D eigenvalue weighted by molar-refractivity contribution is 6.74. The van der Waals surface area contributed by atoms with E-state index in [0.29, 0.717) is 0 Å². The number of hydrazone groups is 1. The molecule has 2 amide bonds. The van der Waals surface area contributed by atoms with Gasteiger partial charge >= 0.3 is 6.09 Å². The molecule has 162 valence electrons. The van der Waals surface area contributed by atoms with Gasteiger partial charge in [0.1, 0.15) is 11.8 Å². The summed E-state index contributed by atoms with van der Waals surface area (Å²) in [6, 6.07) is 6.78. The third-order valence-electron chi connectivity index (χ3n) is 5.02. The molecular weight excluding hydrogens is 386 g/mol. The Labute approximate surface area is 175 Å². The molecule has 0 spiro atoms. The van der Waals surface area contributed by atoms with Crippen LogP contribution in [0.15, 0.2) is 29.4 Å². The lowest BCUT2D eigenvalue weighted by molar-refractivity contribution is -0.125. The Bertz CT molecular complexity index is 732. The maximum absolute atomic E-state index is 12.4. The minimum Gasteiger partial charge on any atom is -0.544 e. The predicted octanol–water partition coefficient (Wildman–Crippen LogP) is 4.29. The highest BCUT2D eigenvalue weighted by atomic mass is 28.4. The summed E-state index contributed by atoms with van der Waals surface area (Å²) in [6.45, 7) is 16.5. The first kappa shape index (κ1) is 24.7. The second-order valence-corrected chi connectivity index (χ2v) is 14.3. The van der Waals surface area contributed by atoms with Gasteiger partial charge in [-0.05, 0) is 53.4 Å². The molecule has 0 bridgehead atoms. The fourth-order valence-corrected chi connectivity index (χ4v) is 3.19. The van der Waals surface area contributed by atoms with Gasteiger partial charge in [-0.2, -0.15) is 5.10 Å². The van der Waals surface area contributed by atoms with E-state index >= 15 is 0 Å². The number of carbonyl (C=O) groups excluding carboxylic acids is 2. The van der Waals surface area contributed by atoms with E-state index in [1.165, 1.54) is 7.11 Å². The second kappa shape index (κ2) is 9.43. The summed E-state index contributed by atoms with van der Waals surface area (Å²) < 4.78 is 10.8. The smallest absolute Gasteiger partial charge is 0.407 e. The van der Waals surface area contributed by atoms with Gasteiger partial charge in [0, 0.05) is 0 Å². The molecule has 0 aliphatic rings. The van der Waals surface area contributed by atoms with Crippen molar-refractivity contribution in [2.24, 2.45) is 10.5 Å². The lowest BCUT2D eigenvalue weighted by Crippen LogP contribution is -2.52. The summed E-state index contributed by atoms with van der Waals surface area (Å²) in [5, 5.41) is 6.66. The highest BCUT2D eigenvalue weighted by Crippen LogP contribution is 2.37. The van der Waals surface area contributed by atoms with Crippen molar-refractivity contribution in [3.63, 3.8) is 0 Å². The number of ether oxygens (including phenoxy) is 1. The van der Waals surface area contributed by atoms with E-state index in [1.54, 1.807) is 6.21 Å². The molecule has 0 heterocycles. The van der Waals surface area contributed by atoms with Gasteiger partial charge in [0.05, 0.1) is 13.3 Å². The van der Waals surface area contributed by atoms with Crippen LogP contribution in [-0.2, 0) is 9.53 Å². The van der Waals surface area contributed by atoms with Crippen LogP contribution in [0.5, 0.6) is 5.75 Å². The number of benzene rings is 1. The highest BCUT2D eigenvalue weighted by Gasteiger charge is 2.39. The molecule has 1 rings (SSSR count). The number of carbonyl (C=O) groups is 2. The second-order valence-electron chi connectivity index (χ2n) is 9.60. The summed E-state index contributed by atoms with van der Waals surface area (Å²) in [6.07, 6.45) is 0.882. The lowest BCUT2D eigenvalue weighted by atomic mass is 9.86. The Morgan fingerprint density at radius 1 is 1.07 bits per heavy atom. The first-order valence-corrected chi connectivity index (χ1v) is 12.5. The Balaban J connectivity index is 2.76. The molecule has 29 heavy (non-hydrogen) atoms. The number of amides is 2. The molecule has 0 saturated carbocycles. The third-order valence-corrected chi connectivity index (χ3v) is 9.38. The first-order valence-electron chi connectivity index (χ1n) is 9.64. The van der Waals surface area contributed by atoms with Crippen LogP contribution in [0.25, 0.3) is 0 Å². The van der Waals surface area contributed by atoms with Crippen LogP contribution >= 0.6 is 0 Å². The summed E-state index contributed by atoms with van der Waals surface area (Å²) >= 11 is 0. The third kappa shape index (κ3) is 7.53. The van der Waals surface area contributed by atoms with Crippen molar-refractivity contribution in [3.05, 3.63) is 29.8 Å². The molecule has 8 heteroatoms. The quantitative estimate of drug-likeness (QED) is 0.407. The molecule has 1 unspecified atom stereocenters. The number of alkyl carbamates (subject to hydrolysis) is 1. The SMILES string of the molecule is COC(=O)NC(C(=O)NN=Cc1ccc(O[Si](C)(C)C(C)(C)C)cc1)C(C)(C)C. The topological polar surface area (TPSA) is 89.0 Å². The van der Waals surface area contributed by atoms with Gasteiger partial charge in [-0.3, -0.25) is 4.79 Å². The van der Waals surface area contributed by atoms with Crippen LogP contribution in [-0.4, -0.2) is 39.7 Å². The van der Waals surface area contributed by atoms with Gasteiger partial charge < -0.3 is 14.5 Å². The number of rotatable bonds is 6. The van der Waals surface area contributed by atoms with Crippen molar-refractivity contribution >= 4 is 26.5 Å². The van der Waals surface area contributed by atoms with Crippen LogP contribution in [0.2, 0.25) is 18.1 Å². The van der Waals surface area contributed by atoms with Crippen LogP contribution in [0, 0.1) is 5.41 Å². The van der Waals surface area contributed by atoms with E-state index in [-0.39, 0.29) is 5.04 Å². The van der Waals surface area contributed by atoms with Gasteiger partial charge in [0.2, 0.25) is 8.32 Å². The summed E-state index contributed by atoms with van der Waals surface area (Å²) in [5.41, 5.74) is 2.79. The largest absolute Gasteiger partial charge is 0.544 e. The Hall–Kier alpha value is -2.35. The zero-order valence-corrected chi connectivity index (χ0v) is 20.0. The zero-order valence-electron chi connectivity index (χ0n) is 19.0. The van der Waals surface area contributed by atoms with Gasteiger partial charge in [-0.25, -0.2) is 10.2 Å². The van der Waals surface area contributed by atoms with Crippen molar-refractivity contribution < 1.29 is 18.8 Å². The summed E-state index contributed by atoms with van der Waals surface area (Å²) in [5.74, 6) is 0.407. The van der Waals surface area contributed by atoms with Gasteiger partial charge in [-0.1, -0.05) is 41.5 Å². The molecule has 1 aromatic carbocycles. The van der Waals surface area contributed by atoms with Gasteiger partial charge in [0.15, 0.2) is 0 Å². The molecule has 0 aliphatic heterocycles. The molecule has 2 N–H and O–H groups in total. The fraction of sp³-hybridized carbons (Fsp3) is 0.571. The average Bonchev–Trinajstić information content (AvgIpc) is 2.58. The minimum atomic E-state index is -1.89. The number of methoxy groups -OCH3 is 1. The van der Waals surface area contributed by atoms with Crippen molar-refractivity contribution in [2.75, 3.05) is 7.11 Å². The number of nitrogens with one attached hydrogen (secondary N) is 2. The maximum Gasteiger partial charge on any atom is 0.407 e. The molecule has 0 fully saturated rings. The monoisotopic (exact) mass is 421 g/mol. The van der Waals surface area contributed by atoms with Gasteiger partial charge in [-0.15, -0.1) is 0 Å². The lowest BCUT2D eigenvalue weighted by Gasteiger charge is -2.36. The van der Waals surface area contributed by atoms with E-state index in [0.717, 1.165) is 11.3 Å². The van der Waals surface area contributed by atoms with Gasteiger partial charge in [0.25, 0.3) is 5.91 Å². The van der Waals surface area contributed by atoms with E-state index in [1.807, 2.05) is 45.0 Å². The standard InChI is InChI=1S/C21H35N3O4Si/c1-20(2,3)17(23-19(26)27-7)18(25)24-22-14-15-10-12-16(13-11-15)28-29(8,9)21(4,5)6/h10-14,17H,1-9H3,(H,23,26)(H,24,25). The van der Waals surface area contributed by atoms with Crippen LogP contribution in [0.1, 0.15) is 47.1 Å². The van der Waals surface area contributed by atoms with Crippen molar-refractivity contribution in [2.45, 2.75) is 65.7 Å². The number of nitrogens with zero attached hydrogens (tertiary/aromatic N) is 1. The van der Waals surface area contributed by atoms with E-state index in [9.17, 15) is 9.59 Å². The van der Waals surface area contributed by atoms with Crippen LogP contribution < -0.4 is 15.2 Å². The van der Waals surface area contributed by atoms with Crippen molar-refractivity contribution in [3.8, 4) is 5.75 Å². The van der Waals surface area contributed by atoms with Crippen LogP contribution in [0.3, 0.4) is 0 Å². The van der Waals surface area contributed by atoms with E-state index < -0.39 is 31.8 Å². The molecule has 0 aromatic heterocycles. The predicted molar refractivity (Wildman–Crippen MR) is 119 cm³/mol. The Kier molecular flexibility index (Phi) is 8.03. The molecule has 1 atom stereocenters. The van der Waals surface area contributed by atoms with E-state index in [2.05, 4.69) is 54.4 Å². The first-order chi connectivity index (χ1) is 13.2. The number of hydrogen-bond acceptors (Lipinski definition) is 5. The molecule has 7 nitrogen and oxygen atoms in total. The molecular formula is C21H35N3O4Si. The molecule has 0 saturated heterocycles. The van der Waals surface area contributed by atoms with Crippen molar-refractivity contribution in [1.82, 2.24) is 10.7 Å². The fourth-order valence-electron chi connectivity index (χ4n) is 2.16. The van der Waals surface area contributed by atoms with E-state index in [4.69, 9.17) is 4.43 Å². The minimum absolute atomic E-state index is 0.124. The zero-order chi connectivity index (χ0) is 22.5. The maximum atomic E-state index is 12.4. The van der Waals surface area contributed by atoms with Crippen LogP contribution in [0.4, 0.5) is 4.79 Å². The van der Waals surface area contributed by atoms with Crippen molar-refractivity contribution in [1.29, 1.82) is 0 Å². The average molecular weight is 422 g/mol. The normalized spacial score (nSPS) is 13.7.